The van der Waals surface area contributed by atoms with Crippen LogP contribution in [0.15, 0.2) is 60.7 Å². The third kappa shape index (κ3) is 5.54. The van der Waals surface area contributed by atoms with Gasteiger partial charge in [0.05, 0.1) is 37.4 Å². The van der Waals surface area contributed by atoms with Gasteiger partial charge in [-0.15, -0.1) is 0 Å². The number of carbonyl (C=O) groups excluding carboxylic acids is 2. The van der Waals surface area contributed by atoms with E-state index in [2.05, 4.69) is 0 Å². The number of amides is 1. The number of nitro groups is 1. The summed E-state index contributed by atoms with van der Waals surface area (Å²) in [6.45, 7) is 2.56. The molecule has 10 nitrogen and oxygen atoms in total. The Bertz CT molecular complexity index is 1320. The van der Waals surface area contributed by atoms with Gasteiger partial charge in [0, 0.05) is 24.2 Å². The van der Waals surface area contributed by atoms with Crippen LogP contribution >= 0.6 is 0 Å². The smallest absolute Gasteiger partial charge is 0.338 e. The number of fused-ring (bicyclic) bond motifs is 1. The Morgan fingerprint density at radius 2 is 1.61 bits per heavy atom. The molecular weight excluding hydrogens is 492 g/mol. The number of non-ortho nitro benzene ring substituents is 1. The van der Waals surface area contributed by atoms with Crippen LogP contribution in [0.3, 0.4) is 0 Å². The number of nitro benzene ring substituents is 1. The maximum absolute atomic E-state index is 13.6. The highest BCUT2D eigenvalue weighted by Crippen LogP contribution is 2.39. The highest BCUT2D eigenvalue weighted by Gasteiger charge is 2.33. The monoisotopic (exact) mass is 520 g/mol. The maximum atomic E-state index is 13.6. The highest BCUT2D eigenvalue weighted by atomic mass is 16.6. The van der Waals surface area contributed by atoms with Crippen molar-refractivity contribution in [1.82, 2.24) is 4.90 Å². The van der Waals surface area contributed by atoms with E-state index in [1.54, 1.807) is 50.3 Å². The van der Waals surface area contributed by atoms with E-state index in [9.17, 15) is 19.7 Å². The van der Waals surface area contributed by atoms with E-state index in [1.165, 1.54) is 24.3 Å². The largest absolute Gasteiger partial charge is 0.493 e. The SMILES string of the molecule is CCOC(=O)c1ccc(OCC2c3cc(OC)c(OC)cc3CCN2C(=O)c2ccc([N+](=O)[O-])cc2)cc1. The van der Waals surface area contributed by atoms with Crippen molar-refractivity contribution >= 4 is 17.6 Å². The molecule has 0 spiro atoms. The molecule has 1 unspecified atom stereocenters. The third-order valence-corrected chi connectivity index (χ3v) is 6.36. The van der Waals surface area contributed by atoms with Gasteiger partial charge in [0.2, 0.25) is 0 Å². The summed E-state index contributed by atoms with van der Waals surface area (Å²) in [4.78, 5) is 37.8. The second kappa shape index (κ2) is 11.6. The molecule has 1 aliphatic rings. The lowest BCUT2D eigenvalue weighted by Gasteiger charge is -2.37. The Kier molecular flexibility index (Phi) is 8.10. The van der Waals surface area contributed by atoms with Crippen LogP contribution in [0, 0.1) is 10.1 Å². The van der Waals surface area contributed by atoms with Crippen LogP contribution in [0.2, 0.25) is 0 Å². The Morgan fingerprint density at radius 3 is 2.21 bits per heavy atom. The molecular formula is C28H28N2O8. The number of carbonyl (C=O) groups is 2. The second-order valence-electron chi connectivity index (χ2n) is 8.53. The molecule has 0 radical (unpaired) electrons. The number of nitrogens with zero attached hydrogens (tertiary/aromatic N) is 2. The van der Waals surface area contributed by atoms with Gasteiger partial charge in [0.25, 0.3) is 11.6 Å². The molecule has 10 heteroatoms. The molecule has 0 saturated heterocycles. The fraction of sp³-hybridized carbons (Fsp3) is 0.286. The van der Waals surface area contributed by atoms with E-state index in [4.69, 9.17) is 18.9 Å². The van der Waals surface area contributed by atoms with E-state index in [1.807, 2.05) is 12.1 Å². The molecule has 4 rings (SSSR count). The lowest BCUT2D eigenvalue weighted by atomic mass is 9.91. The average Bonchev–Trinajstić information content (AvgIpc) is 2.95. The van der Waals surface area contributed by atoms with Gasteiger partial charge in [0.1, 0.15) is 12.4 Å². The summed E-state index contributed by atoms with van der Waals surface area (Å²) >= 11 is 0. The van der Waals surface area contributed by atoms with Crippen LogP contribution in [0.1, 0.15) is 44.8 Å². The van der Waals surface area contributed by atoms with Gasteiger partial charge in [0.15, 0.2) is 11.5 Å². The molecule has 3 aromatic carbocycles. The van der Waals surface area contributed by atoms with Gasteiger partial charge < -0.3 is 23.8 Å². The Labute approximate surface area is 219 Å². The van der Waals surface area contributed by atoms with Gasteiger partial charge in [-0.05, 0) is 73.0 Å². The molecule has 38 heavy (non-hydrogen) atoms. The zero-order valence-electron chi connectivity index (χ0n) is 21.3. The van der Waals surface area contributed by atoms with Gasteiger partial charge in [-0.1, -0.05) is 0 Å². The molecule has 1 aliphatic heterocycles. The quantitative estimate of drug-likeness (QED) is 0.228. The van der Waals surface area contributed by atoms with Crippen molar-refractivity contribution in [3.8, 4) is 17.2 Å². The van der Waals surface area contributed by atoms with Crippen molar-refractivity contribution in [3.63, 3.8) is 0 Å². The average molecular weight is 521 g/mol. The molecule has 3 aromatic rings. The second-order valence-corrected chi connectivity index (χ2v) is 8.53. The fourth-order valence-corrected chi connectivity index (χ4v) is 4.42. The highest BCUT2D eigenvalue weighted by molar-refractivity contribution is 5.95. The van der Waals surface area contributed by atoms with Crippen LogP contribution in [-0.2, 0) is 11.2 Å². The van der Waals surface area contributed by atoms with Crippen molar-refractivity contribution in [2.75, 3.05) is 34.0 Å². The summed E-state index contributed by atoms with van der Waals surface area (Å²) in [5.74, 6) is 0.955. The van der Waals surface area contributed by atoms with E-state index in [0.717, 1.165) is 11.1 Å². The summed E-state index contributed by atoms with van der Waals surface area (Å²) in [6.07, 6.45) is 0.582. The van der Waals surface area contributed by atoms with Crippen LogP contribution in [0.4, 0.5) is 5.69 Å². The van der Waals surface area contributed by atoms with E-state index < -0.39 is 16.9 Å². The first-order valence-electron chi connectivity index (χ1n) is 12.1. The zero-order valence-corrected chi connectivity index (χ0v) is 21.3. The Balaban J connectivity index is 1.64. The van der Waals surface area contributed by atoms with Crippen molar-refractivity contribution < 1.29 is 33.5 Å². The first-order chi connectivity index (χ1) is 18.4. The number of ether oxygens (including phenoxy) is 4. The molecule has 0 bridgehead atoms. The number of esters is 1. The van der Waals surface area contributed by atoms with Crippen LogP contribution in [0.25, 0.3) is 0 Å². The molecule has 1 atom stereocenters. The van der Waals surface area contributed by atoms with Gasteiger partial charge in [-0.3, -0.25) is 14.9 Å². The van der Waals surface area contributed by atoms with Gasteiger partial charge in [-0.2, -0.15) is 0 Å². The van der Waals surface area contributed by atoms with E-state index in [-0.39, 0.29) is 24.8 Å². The standard InChI is InChI=1S/C28H28N2O8/c1-4-37-28(32)19-7-11-22(12-8-19)38-17-24-23-16-26(36-3)25(35-2)15-20(23)13-14-29(24)27(31)18-5-9-21(10-6-18)30(33)34/h5-12,15-16,24H,4,13-14,17H2,1-3H3. The van der Waals surface area contributed by atoms with Crippen LogP contribution < -0.4 is 14.2 Å². The van der Waals surface area contributed by atoms with Crippen molar-refractivity contribution in [2.24, 2.45) is 0 Å². The van der Waals surface area contributed by atoms with Crippen molar-refractivity contribution in [3.05, 3.63) is 93.0 Å². The number of hydrogen-bond donors (Lipinski definition) is 0. The molecule has 198 valence electrons. The summed E-state index contributed by atoms with van der Waals surface area (Å²) < 4.78 is 22.1. The Hall–Kier alpha value is -4.60. The Morgan fingerprint density at radius 1 is 0.974 bits per heavy atom. The van der Waals surface area contributed by atoms with Crippen LogP contribution in [-0.4, -0.2) is 55.7 Å². The molecule has 0 saturated carbocycles. The van der Waals surface area contributed by atoms with Gasteiger partial charge >= 0.3 is 5.97 Å². The number of rotatable bonds is 9. The number of methoxy groups -OCH3 is 2. The molecule has 1 heterocycles. The first-order valence-corrected chi connectivity index (χ1v) is 12.1. The first kappa shape index (κ1) is 26.5. The van der Waals surface area contributed by atoms with Gasteiger partial charge in [-0.25, -0.2) is 4.79 Å². The topological polar surface area (TPSA) is 117 Å². The number of hydrogen-bond acceptors (Lipinski definition) is 8. The number of benzene rings is 3. The lowest BCUT2D eigenvalue weighted by molar-refractivity contribution is -0.384. The summed E-state index contributed by atoms with van der Waals surface area (Å²) in [7, 11) is 3.11. The normalized spacial score (nSPS) is 14.3. The minimum Gasteiger partial charge on any atom is -0.493 e. The molecule has 0 N–H and O–H groups in total. The fourth-order valence-electron chi connectivity index (χ4n) is 4.42. The summed E-state index contributed by atoms with van der Waals surface area (Å²) in [6, 6.07) is 15.4. The minimum absolute atomic E-state index is 0.0893. The van der Waals surface area contributed by atoms with E-state index in [0.29, 0.717) is 41.3 Å². The zero-order chi connectivity index (χ0) is 27.2. The molecule has 1 amide bonds. The summed E-state index contributed by atoms with van der Waals surface area (Å²) in [5.41, 5.74) is 2.51. The minimum atomic E-state index is -0.505. The predicted molar refractivity (Wildman–Crippen MR) is 138 cm³/mol. The lowest BCUT2D eigenvalue weighted by Crippen LogP contribution is -2.42. The van der Waals surface area contributed by atoms with Crippen molar-refractivity contribution in [1.29, 1.82) is 0 Å². The van der Waals surface area contributed by atoms with Crippen molar-refractivity contribution in [2.45, 2.75) is 19.4 Å². The van der Waals surface area contributed by atoms with Crippen LogP contribution in [0.5, 0.6) is 17.2 Å². The molecule has 0 aliphatic carbocycles. The molecule has 0 aromatic heterocycles. The molecule has 0 fully saturated rings. The van der Waals surface area contributed by atoms with E-state index >= 15 is 0 Å². The third-order valence-electron chi connectivity index (χ3n) is 6.36. The predicted octanol–water partition coefficient (Wildman–Crippen LogP) is 4.61. The summed E-state index contributed by atoms with van der Waals surface area (Å²) in [5, 5.41) is 11.0. The maximum Gasteiger partial charge on any atom is 0.338 e.